The molecular weight excluding hydrogens is 170 g/mol. The third kappa shape index (κ3) is 1.04. The van der Waals surface area contributed by atoms with E-state index in [1.165, 1.54) is 0 Å². The van der Waals surface area contributed by atoms with Crippen LogP contribution in [0.4, 0.5) is 5.69 Å². The highest BCUT2D eigenvalue weighted by atomic mass is 32.2. The van der Waals surface area contributed by atoms with Gasteiger partial charge in [-0.25, -0.2) is 4.98 Å². The molecule has 4 heteroatoms. The standard InChI is InChI=1S/C8H9N3S/c1-12-5-2-6(9)8-7(3-5)10-4-11-8/h2-4H,9H2,1H3,(H,10,11). The summed E-state index contributed by atoms with van der Waals surface area (Å²) in [6.45, 7) is 0. The number of aromatic amines is 1. The van der Waals surface area contributed by atoms with E-state index in [-0.39, 0.29) is 0 Å². The zero-order chi connectivity index (χ0) is 8.55. The highest BCUT2D eigenvalue weighted by molar-refractivity contribution is 7.98. The quantitative estimate of drug-likeness (QED) is 0.519. The van der Waals surface area contributed by atoms with Gasteiger partial charge in [0.05, 0.1) is 17.5 Å². The van der Waals surface area contributed by atoms with Crippen LogP contribution < -0.4 is 5.73 Å². The first-order valence-electron chi connectivity index (χ1n) is 3.58. The van der Waals surface area contributed by atoms with Gasteiger partial charge in [0.15, 0.2) is 0 Å². The van der Waals surface area contributed by atoms with Gasteiger partial charge in [0, 0.05) is 4.90 Å². The largest absolute Gasteiger partial charge is 0.397 e. The van der Waals surface area contributed by atoms with E-state index in [0.717, 1.165) is 21.6 Å². The van der Waals surface area contributed by atoms with E-state index < -0.39 is 0 Å². The van der Waals surface area contributed by atoms with Crippen LogP contribution in [0.15, 0.2) is 23.4 Å². The number of rotatable bonds is 1. The van der Waals surface area contributed by atoms with Crippen molar-refractivity contribution in [3.05, 3.63) is 18.5 Å². The van der Waals surface area contributed by atoms with Crippen molar-refractivity contribution in [3.8, 4) is 0 Å². The second-order valence-electron chi connectivity index (χ2n) is 2.52. The molecule has 62 valence electrons. The van der Waals surface area contributed by atoms with Crippen LogP contribution in [0.1, 0.15) is 0 Å². The summed E-state index contributed by atoms with van der Waals surface area (Å²) in [7, 11) is 0. The van der Waals surface area contributed by atoms with E-state index in [1.54, 1.807) is 18.1 Å². The molecule has 3 N–H and O–H groups in total. The lowest BCUT2D eigenvalue weighted by Crippen LogP contribution is -1.86. The monoisotopic (exact) mass is 179 g/mol. The van der Waals surface area contributed by atoms with Crippen LogP contribution in [0.2, 0.25) is 0 Å². The third-order valence-electron chi connectivity index (χ3n) is 1.76. The summed E-state index contributed by atoms with van der Waals surface area (Å²) < 4.78 is 0. The smallest absolute Gasteiger partial charge is 0.111 e. The molecule has 0 saturated carbocycles. The number of aromatic nitrogens is 2. The van der Waals surface area contributed by atoms with Gasteiger partial charge in [0.2, 0.25) is 0 Å². The number of thioether (sulfide) groups is 1. The maximum absolute atomic E-state index is 5.78. The number of H-pyrrole nitrogens is 1. The molecule has 0 amide bonds. The van der Waals surface area contributed by atoms with Crippen LogP contribution in [0.25, 0.3) is 11.0 Å². The van der Waals surface area contributed by atoms with Crippen LogP contribution in [0, 0.1) is 0 Å². The Morgan fingerprint density at radius 1 is 1.50 bits per heavy atom. The molecule has 2 aromatic rings. The minimum atomic E-state index is 0.734. The van der Waals surface area contributed by atoms with Crippen molar-refractivity contribution in [1.29, 1.82) is 0 Å². The fourth-order valence-corrected chi connectivity index (χ4v) is 1.65. The van der Waals surface area contributed by atoms with Gasteiger partial charge in [0.1, 0.15) is 5.52 Å². The van der Waals surface area contributed by atoms with Crippen LogP contribution in [-0.4, -0.2) is 16.2 Å². The topological polar surface area (TPSA) is 54.7 Å². The molecule has 0 bridgehead atoms. The Kier molecular flexibility index (Phi) is 1.69. The molecule has 1 aromatic heterocycles. The lowest BCUT2D eigenvalue weighted by molar-refractivity contribution is 1.34. The predicted octanol–water partition coefficient (Wildman–Crippen LogP) is 1.87. The number of anilines is 1. The summed E-state index contributed by atoms with van der Waals surface area (Å²) in [5.41, 5.74) is 8.37. The molecule has 2 rings (SSSR count). The minimum Gasteiger partial charge on any atom is -0.397 e. The summed E-state index contributed by atoms with van der Waals surface area (Å²) in [4.78, 5) is 8.29. The highest BCUT2D eigenvalue weighted by Gasteiger charge is 2.01. The molecular formula is C8H9N3S. The molecule has 0 atom stereocenters. The fourth-order valence-electron chi connectivity index (χ4n) is 1.17. The van der Waals surface area contributed by atoms with E-state index in [1.807, 2.05) is 18.4 Å². The number of benzene rings is 1. The molecule has 0 spiro atoms. The van der Waals surface area contributed by atoms with Gasteiger partial charge in [-0.05, 0) is 18.4 Å². The second kappa shape index (κ2) is 2.71. The zero-order valence-corrected chi connectivity index (χ0v) is 7.48. The van der Waals surface area contributed by atoms with Crippen molar-refractivity contribution in [3.63, 3.8) is 0 Å². The molecule has 1 heterocycles. The average Bonchev–Trinajstić information content (AvgIpc) is 2.52. The Morgan fingerprint density at radius 2 is 2.33 bits per heavy atom. The fraction of sp³-hybridized carbons (Fsp3) is 0.125. The van der Waals surface area contributed by atoms with Crippen molar-refractivity contribution in [2.75, 3.05) is 12.0 Å². The number of hydrogen-bond donors (Lipinski definition) is 2. The van der Waals surface area contributed by atoms with Crippen LogP contribution in [0.3, 0.4) is 0 Å². The minimum absolute atomic E-state index is 0.734. The third-order valence-corrected chi connectivity index (χ3v) is 2.47. The van der Waals surface area contributed by atoms with E-state index >= 15 is 0 Å². The van der Waals surface area contributed by atoms with Crippen LogP contribution in [0.5, 0.6) is 0 Å². The summed E-state index contributed by atoms with van der Waals surface area (Å²) in [6, 6.07) is 3.98. The molecule has 0 fully saturated rings. The van der Waals surface area contributed by atoms with Gasteiger partial charge in [-0.3, -0.25) is 0 Å². The Bertz CT molecular complexity index is 408. The van der Waals surface area contributed by atoms with Crippen molar-refractivity contribution < 1.29 is 0 Å². The summed E-state index contributed by atoms with van der Waals surface area (Å²) in [5, 5.41) is 0. The molecule has 0 aliphatic rings. The summed E-state index contributed by atoms with van der Waals surface area (Å²) >= 11 is 1.67. The Morgan fingerprint density at radius 3 is 3.08 bits per heavy atom. The van der Waals surface area contributed by atoms with Crippen molar-refractivity contribution in [2.45, 2.75) is 4.90 Å². The van der Waals surface area contributed by atoms with Crippen molar-refractivity contribution >= 4 is 28.5 Å². The number of hydrogen-bond acceptors (Lipinski definition) is 3. The first kappa shape index (κ1) is 7.49. The van der Waals surface area contributed by atoms with E-state index in [2.05, 4.69) is 9.97 Å². The van der Waals surface area contributed by atoms with E-state index in [0.29, 0.717) is 0 Å². The molecule has 0 aliphatic heterocycles. The van der Waals surface area contributed by atoms with Crippen molar-refractivity contribution in [1.82, 2.24) is 9.97 Å². The van der Waals surface area contributed by atoms with Gasteiger partial charge < -0.3 is 10.7 Å². The maximum atomic E-state index is 5.78. The van der Waals surface area contributed by atoms with Gasteiger partial charge >= 0.3 is 0 Å². The molecule has 0 radical (unpaired) electrons. The zero-order valence-electron chi connectivity index (χ0n) is 6.66. The lowest BCUT2D eigenvalue weighted by atomic mass is 10.3. The molecule has 0 aliphatic carbocycles. The average molecular weight is 179 g/mol. The number of fused-ring (bicyclic) bond motifs is 1. The number of nitrogens with zero attached hydrogens (tertiary/aromatic N) is 1. The Balaban J connectivity index is 2.75. The molecule has 3 nitrogen and oxygen atoms in total. The molecule has 0 unspecified atom stereocenters. The second-order valence-corrected chi connectivity index (χ2v) is 3.39. The molecule has 1 aromatic carbocycles. The number of nitrogen functional groups attached to an aromatic ring is 1. The highest BCUT2D eigenvalue weighted by Crippen LogP contribution is 2.24. The van der Waals surface area contributed by atoms with E-state index in [4.69, 9.17) is 5.73 Å². The first-order valence-corrected chi connectivity index (χ1v) is 4.80. The molecule has 12 heavy (non-hydrogen) atoms. The number of nitrogens with two attached hydrogens (primary N) is 1. The van der Waals surface area contributed by atoms with Gasteiger partial charge in [-0.15, -0.1) is 11.8 Å². The first-order chi connectivity index (χ1) is 5.81. The summed E-state index contributed by atoms with van der Waals surface area (Å²) in [5.74, 6) is 0. The van der Waals surface area contributed by atoms with Gasteiger partial charge in [-0.1, -0.05) is 0 Å². The number of imidazole rings is 1. The normalized spacial score (nSPS) is 10.8. The van der Waals surface area contributed by atoms with E-state index in [9.17, 15) is 0 Å². The van der Waals surface area contributed by atoms with Gasteiger partial charge in [-0.2, -0.15) is 0 Å². The molecule has 0 saturated heterocycles. The lowest BCUT2D eigenvalue weighted by Gasteiger charge is -1.98. The predicted molar refractivity (Wildman–Crippen MR) is 52.3 cm³/mol. The number of nitrogens with one attached hydrogen (secondary N) is 1. The van der Waals surface area contributed by atoms with Crippen LogP contribution >= 0.6 is 11.8 Å². The SMILES string of the molecule is CSc1cc(N)c2nc[nH]c2c1. The van der Waals surface area contributed by atoms with Crippen molar-refractivity contribution in [2.24, 2.45) is 0 Å². The van der Waals surface area contributed by atoms with Gasteiger partial charge in [0.25, 0.3) is 0 Å². The maximum Gasteiger partial charge on any atom is 0.111 e. The Labute approximate surface area is 74.4 Å². The Hall–Kier alpha value is -1.16. The van der Waals surface area contributed by atoms with Crippen LogP contribution in [-0.2, 0) is 0 Å². The summed E-state index contributed by atoms with van der Waals surface area (Å²) in [6.07, 6.45) is 3.68.